The Kier molecular flexibility index (Phi) is 4.77. The van der Waals surface area contributed by atoms with Crippen molar-refractivity contribution in [2.45, 2.75) is 32.5 Å². The molecule has 1 aromatic heterocycles. The first kappa shape index (κ1) is 15.0. The minimum absolute atomic E-state index is 0.0290. The second-order valence-corrected chi connectivity index (χ2v) is 5.48. The molecule has 1 fully saturated rings. The van der Waals surface area contributed by atoms with Crippen molar-refractivity contribution in [1.82, 2.24) is 9.97 Å². The van der Waals surface area contributed by atoms with E-state index in [2.05, 4.69) is 28.7 Å². The van der Waals surface area contributed by atoms with Gasteiger partial charge in [0.05, 0.1) is 37.3 Å². The fourth-order valence-corrected chi connectivity index (χ4v) is 2.45. The number of anilines is 1. The van der Waals surface area contributed by atoms with Gasteiger partial charge in [0.15, 0.2) is 5.82 Å². The summed E-state index contributed by atoms with van der Waals surface area (Å²) in [5, 5.41) is 0. The van der Waals surface area contributed by atoms with Gasteiger partial charge in [0.25, 0.3) is 0 Å². The van der Waals surface area contributed by atoms with Crippen LogP contribution in [0.25, 0.3) is 0 Å². The molecule has 6 heteroatoms. The van der Waals surface area contributed by atoms with Crippen LogP contribution in [0, 0.1) is 0 Å². The van der Waals surface area contributed by atoms with E-state index >= 15 is 0 Å². The minimum atomic E-state index is -0.245. The molecule has 0 unspecified atom stereocenters. The summed E-state index contributed by atoms with van der Waals surface area (Å²) in [5.74, 6) is 1.37. The van der Waals surface area contributed by atoms with Crippen LogP contribution >= 0.6 is 0 Å². The Labute approximate surface area is 120 Å². The van der Waals surface area contributed by atoms with Gasteiger partial charge in [-0.2, -0.15) is 4.98 Å². The largest absolute Gasteiger partial charge is 0.477 e. The summed E-state index contributed by atoms with van der Waals surface area (Å²) in [4.78, 5) is 10.9. The molecule has 1 aromatic rings. The van der Waals surface area contributed by atoms with Gasteiger partial charge in [0.2, 0.25) is 5.88 Å². The lowest BCUT2D eigenvalue weighted by Gasteiger charge is -2.43. The van der Waals surface area contributed by atoms with Crippen molar-refractivity contribution < 1.29 is 14.2 Å². The Morgan fingerprint density at radius 1 is 1.45 bits per heavy atom. The predicted molar refractivity (Wildman–Crippen MR) is 76.2 cm³/mol. The molecule has 0 spiro atoms. The highest BCUT2D eigenvalue weighted by atomic mass is 16.5. The number of hydrogen-bond donors (Lipinski definition) is 0. The van der Waals surface area contributed by atoms with Crippen LogP contribution in [0.1, 0.15) is 20.8 Å². The van der Waals surface area contributed by atoms with Crippen molar-refractivity contribution >= 4 is 5.82 Å². The van der Waals surface area contributed by atoms with Crippen molar-refractivity contribution in [3.8, 4) is 5.88 Å². The van der Waals surface area contributed by atoms with Crippen LogP contribution in [0.5, 0.6) is 5.88 Å². The van der Waals surface area contributed by atoms with Crippen LogP contribution in [0.2, 0.25) is 0 Å². The quantitative estimate of drug-likeness (QED) is 0.815. The second kappa shape index (κ2) is 6.37. The third-order valence-corrected chi connectivity index (χ3v) is 3.05. The van der Waals surface area contributed by atoms with Crippen molar-refractivity contribution in [1.29, 1.82) is 0 Å². The highest BCUT2D eigenvalue weighted by Gasteiger charge is 2.34. The maximum atomic E-state index is 6.00. The molecule has 0 saturated carbocycles. The van der Waals surface area contributed by atoms with E-state index in [-0.39, 0.29) is 11.7 Å². The van der Waals surface area contributed by atoms with E-state index < -0.39 is 0 Å². The molecule has 0 aliphatic carbocycles. The Hall–Kier alpha value is -1.40. The van der Waals surface area contributed by atoms with Gasteiger partial charge in [-0.3, -0.25) is 4.98 Å². The van der Waals surface area contributed by atoms with Crippen LogP contribution in [0.15, 0.2) is 12.4 Å². The number of hydrogen-bond acceptors (Lipinski definition) is 6. The SMILES string of the molecule is CCOc1cncc(N2C[C@@H](COC)OC(C)(C)C2)n1. The summed E-state index contributed by atoms with van der Waals surface area (Å²) in [6.07, 6.45) is 3.42. The van der Waals surface area contributed by atoms with Crippen LogP contribution in [0.4, 0.5) is 5.82 Å². The molecule has 1 aliphatic rings. The number of nitrogens with zero attached hydrogens (tertiary/aromatic N) is 3. The molecule has 6 nitrogen and oxygen atoms in total. The zero-order chi connectivity index (χ0) is 14.6. The van der Waals surface area contributed by atoms with Crippen LogP contribution < -0.4 is 9.64 Å². The fourth-order valence-electron chi connectivity index (χ4n) is 2.45. The van der Waals surface area contributed by atoms with Crippen LogP contribution in [-0.4, -0.2) is 55.1 Å². The number of morpholine rings is 1. The predicted octanol–water partition coefficient (Wildman–Crippen LogP) is 1.51. The number of aromatic nitrogens is 2. The summed E-state index contributed by atoms with van der Waals surface area (Å²) in [6.45, 7) is 8.72. The summed E-state index contributed by atoms with van der Waals surface area (Å²) < 4.78 is 16.6. The molecule has 0 radical (unpaired) electrons. The van der Waals surface area contributed by atoms with Crippen LogP contribution in [-0.2, 0) is 9.47 Å². The molecule has 0 amide bonds. The van der Waals surface area contributed by atoms with Crippen molar-refractivity contribution in [3.05, 3.63) is 12.4 Å². The summed E-state index contributed by atoms with van der Waals surface area (Å²) >= 11 is 0. The van der Waals surface area contributed by atoms with Crippen LogP contribution in [0.3, 0.4) is 0 Å². The summed E-state index contributed by atoms with van der Waals surface area (Å²) in [5.41, 5.74) is -0.245. The van der Waals surface area contributed by atoms with Gasteiger partial charge in [-0.05, 0) is 20.8 Å². The zero-order valence-electron chi connectivity index (χ0n) is 12.6. The van der Waals surface area contributed by atoms with Gasteiger partial charge in [-0.1, -0.05) is 0 Å². The van der Waals surface area contributed by atoms with E-state index in [9.17, 15) is 0 Å². The molecule has 1 aliphatic heterocycles. The van der Waals surface area contributed by atoms with Gasteiger partial charge >= 0.3 is 0 Å². The third-order valence-electron chi connectivity index (χ3n) is 3.05. The van der Waals surface area contributed by atoms with Crippen molar-refractivity contribution in [2.75, 3.05) is 38.3 Å². The Morgan fingerprint density at radius 3 is 2.95 bits per heavy atom. The lowest BCUT2D eigenvalue weighted by Crippen LogP contribution is -2.54. The molecular weight excluding hydrogens is 258 g/mol. The number of ether oxygens (including phenoxy) is 3. The van der Waals surface area contributed by atoms with E-state index in [4.69, 9.17) is 14.2 Å². The second-order valence-electron chi connectivity index (χ2n) is 5.48. The van der Waals surface area contributed by atoms with Gasteiger partial charge in [0.1, 0.15) is 0 Å². The number of methoxy groups -OCH3 is 1. The van der Waals surface area contributed by atoms with E-state index in [0.29, 0.717) is 19.1 Å². The van der Waals surface area contributed by atoms with E-state index in [1.807, 2.05) is 6.92 Å². The van der Waals surface area contributed by atoms with E-state index in [0.717, 1.165) is 18.9 Å². The average molecular weight is 281 g/mol. The topological polar surface area (TPSA) is 56.7 Å². The first-order chi connectivity index (χ1) is 9.54. The van der Waals surface area contributed by atoms with Crippen molar-refractivity contribution in [2.24, 2.45) is 0 Å². The monoisotopic (exact) mass is 281 g/mol. The molecule has 0 aromatic carbocycles. The maximum absolute atomic E-state index is 6.00. The Balaban J connectivity index is 2.15. The first-order valence-corrected chi connectivity index (χ1v) is 6.90. The molecule has 2 heterocycles. The number of rotatable bonds is 5. The molecule has 2 rings (SSSR count). The standard InChI is InChI=1S/C14H23N3O3/c1-5-19-13-7-15-6-12(16-13)17-8-11(9-18-4)20-14(2,3)10-17/h6-7,11H,5,8-10H2,1-4H3/t11-/m0/s1. The lowest BCUT2D eigenvalue weighted by atomic mass is 10.1. The summed E-state index contributed by atoms with van der Waals surface area (Å²) in [7, 11) is 1.69. The Bertz CT molecular complexity index is 439. The van der Waals surface area contributed by atoms with Gasteiger partial charge in [-0.25, -0.2) is 0 Å². The highest BCUT2D eigenvalue weighted by Crippen LogP contribution is 2.25. The molecule has 1 saturated heterocycles. The van der Waals surface area contributed by atoms with Crippen molar-refractivity contribution in [3.63, 3.8) is 0 Å². The minimum Gasteiger partial charge on any atom is -0.477 e. The van der Waals surface area contributed by atoms with E-state index in [1.165, 1.54) is 0 Å². The molecule has 20 heavy (non-hydrogen) atoms. The highest BCUT2D eigenvalue weighted by molar-refractivity contribution is 5.39. The molecule has 1 atom stereocenters. The van der Waals surface area contributed by atoms with Gasteiger partial charge < -0.3 is 19.1 Å². The fraction of sp³-hybridized carbons (Fsp3) is 0.714. The average Bonchev–Trinajstić information content (AvgIpc) is 2.38. The van der Waals surface area contributed by atoms with Gasteiger partial charge in [0, 0.05) is 20.2 Å². The van der Waals surface area contributed by atoms with E-state index in [1.54, 1.807) is 19.5 Å². The lowest BCUT2D eigenvalue weighted by molar-refractivity contribution is -0.106. The first-order valence-electron chi connectivity index (χ1n) is 6.90. The smallest absolute Gasteiger partial charge is 0.234 e. The summed E-state index contributed by atoms with van der Waals surface area (Å²) in [6, 6.07) is 0. The normalized spacial score (nSPS) is 21.8. The maximum Gasteiger partial charge on any atom is 0.234 e. The van der Waals surface area contributed by atoms with Gasteiger partial charge in [-0.15, -0.1) is 0 Å². The zero-order valence-corrected chi connectivity index (χ0v) is 12.6. The Morgan fingerprint density at radius 2 is 2.25 bits per heavy atom. The molecule has 112 valence electrons. The molecule has 0 bridgehead atoms. The molecule has 0 N–H and O–H groups in total. The third kappa shape index (κ3) is 3.80. The molecular formula is C14H23N3O3.